The van der Waals surface area contributed by atoms with Crippen LogP contribution in [0.25, 0.3) is 6.08 Å². The third-order valence-electron chi connectivity index (χ3n) is 2.46. The number of carbonyl (C=O) groups is 1. The van der Waals surface area contributed by atoms with Crippen LogP contribution >= 0.6 is 11.8 Å². The van der Waals surface area contributed by atoms with Gasteiger partial charge in [-0.15, -0.1) is 0 Å². The molecule has 0 aliphatic heterocycles. The highest BCUT2D eigenvalue weighted by Crippen LogP contribution is 2.23. The molecule has 1 aromatic carbocycles. The molecule has 0 atom stereocenters. The fraction of sp³-hybridized carbons (Fsp3) is 0.400. The standard InChI is InChI=1S/C15H20O4S/c1-4-20-8-7-19-15(16)6-5-12-9-13(17-2)11-14(10-12)18-3/h5-6,9-11H,4,7-8H2,1-3H3. The highest BCUT2D eigenvalue weighted by atomic mass is 32.2. The molecule has 0 aromatic heterocycles. The Bertz CT molecular complexity index is 435. The topological polar surface area (TPSA) is 44.8 Å². The molecular weight excluding hydrogens is 276 g/mol. The Labute approximate surface area is 124 Å². The molecule has 1 aromatic rings. The maximum absolute atomic E-state index is 11.5. The average Bonchev–Trinajstić information content (AvgIpc) is 2.49. The van der Waals surface area contributed by atoms with Gasteiger partial charge in [0.2, 0.25) is 0 Å². The number of methoxy groups -OCH3 is 2. The second kappa shape index (κ2) is 9.31. The molecule has 0 N–H and O–H groups in total. The zero-order valence-electron chi connectivity index (χ0n) is 12.0. The quantitative estimate of drug-likeness (QED) is 0.419. The van der Waals surface area contributed by atoms with Crippen LogP contribution in [0, 0.1) is 0 Å². The molecule has 0 heterocycles. The number of thioether (sulfide) groups is 1. The molecule has 4 nitrogen and oxygen atoms in total. The first kappa shape index (κ1) is 16.4. The normalized spacial score (nSPS) is 10.6. The molecule has 0 amide bonds. The molecule has 0 fully saturated rings. The maximum atomic E-state index is 11.5. The van der Waals surface area contributed by atoms with E-state index in [2.05, 4.69) is 6.92 Å². The number of rotatable bonds is 8. The Morgan fingerprint density at radius 1 is 1.20 bits per heavy atom. The van der Waals surface area contributed by atoms with Crippen LogP contribution in [0.1, 0.15) is 12.5 Å². The summed E-state index contributed by atoms with van der Waals surface area (Å²) in [6.45, 7) is 2.51. The van der Waals surface area contributed by atoms with Crippen molar-refractivity contribution in [3.63, 3.8) is 0 Å². The van der Waals surface area contributed by atoms with Crippen molar-refractivity contribution in [1.82, 2.24) is 0 Å². The van der Waals surface area contributed by atoms with Crippen molar-refractivity contribution in [2.24, 2.45) is 0 Å². The SMILES string of the molecule is CCSCCOC(=O)C=Cc1cc(OC)cc(OC)c1. The Morgan fingerprint density at radius 2 is 1.85 bits per heavy atom. The molecule has 0 spiro atoms. The lowest BCUT2D eigenvalue weighted by Crippen LogP contribution is -2.04. The number of benzene rings is 1. The molecule has 0 aliphatic rings. The van der Waals surface area contributed by atoms with Crippen LogP contribution in [-0.4, -0.2) is 38.3 Å². The van der Waals surface area contributed by atoms with Gasteiger partial charge in [0.05, 0.1) is 14.2 Å². The maximum Gasteiger partial charge on any atom is 0.330 e. The Morgan fingerprint density at radius 3 is 2.40 bits per heavy atom. The van der Waals surface area contributed by atoms with E-state index in [1.54, 1.807) is 38.1 Å². The second-order valence-electron chi connectivity index (χ2n) is 3.84. The number of carbonyl (C=O) groups excluding carboxylic acids is 1. The van der Waals surface area contributed by atoms with Gasteiger partial charge in [-0.1, -0.05) is 6.92 Å². The van der Waals surface area contributed by atoms with E-state index in [1.807, 2.05) is 12.1 Å². The predicted molar refractivity (Wildman–Crippen MR) is 82.5 cm³/mol. The van der Waals surface area contributed by atoms with Crippen molar-refractivity contribution in [1.29, 1.82) is 0 Å². The van der Waals surface area contributed by atoms with Crippen molar-refractivity contribution in [3.8, 4) is 11.5 Å². The Hall–Kier alpha value is -1.62. The summed E-state index contributed by atoms with van der Waals surface area (Å²) in [5.41, 5.74) is 0.820. The molecule has 0 aliphatic carbocycles. The minimum Gasteiger partial charge on any atom is -0.497 e. The van der Waals surface area contributed by atoms with Crippen LogP contribution in [0.5, 0.6) is 11.5 Å². The third kappa shape index (κ3) is 6.02. The zero-order valence-corrected chi connectivity index (χ0v) is 12.9. The van der Waals surface area contributed by atoms with E-state index in [0.717, 1.165) is 17.1 Å². The minimum atomic E-state index is -0.344. The first-order valence-corrected chi connectivity index (χ1v) is 7.50. The summed E-state index contributed by atoms with van der Waals surface area (Å²) in [6, 6.07) is 5.41. The second-order valence-corrected chi connectivity index (χ2v) is 5.24. The van der Waals surface area contributed by atoms with Crippen LogP contribution < -0.4 is 9.47 Å². The van der Waals surface area contributed by atoms with E-state index in [-0.39, 0.29) is 5.97 Å². The molecule has 1 rings (SSSR count). The highest BCUT2D eigenvalue weighted by Gasteiger charge is 2.01. The number of hydrogen-bond acceptors (Lipinski definition) is 5. The molecule has 110 valence electrons. The van der Waals surface area contributed by atoms with Gasteiger partial charge in [-0.25, -0.2) is 4.79 Å². The smallest absolute Gasteiger partial charge is 0.330 e. The van der Waals surface area contributed by atoms with Crippen LogP contribution in [0.3, 0.4) is 0 Å². The van der Waals surface area contributed by atoms with Crippen molar-refractivity contribution >= 4 is 23.8 Å². The van der Waals surface area contributed by atoms with E-state index in [0.29, 0.717) is 18.1 Å². The fourth-order valence-corrected chi connectivity index (χ4v) is 1.97. The highest BCUT2D eigenvalue weighted by molar-refractivity contribution is 7.99. The van der Waals surface area contributed by atoms with Crippen LogP contribution in [0.15, 0.2) is 24.3 Å². The molecule has 0 saturated heterocycles. The van der Waals surface area contributed by atoms with Gasteiger partial charge in [0.25, 0.3) is 0 Å². The van der Waals surface area contributed by atoms with Crippen molar-refractivity contribution in [3.05, 3.63) is 29.8 Å². The number of esters is 1. The molecular formula is C15H20O4S. The van der Waals surface area contributed by atoms with Crippen LogP contribution in [-0.2, 0) is 9.53 Å². The summed E-state index contributed by atoms with van der Waals surface area (Å²) < 4.78 is 15.4. The van der Waals surface area contributed by atoms with E-state index in [1.165, 1.54) is 6.08 Å². The summed E-state index contributed by atoms with van der Waals surface area (Å²) in [5, 5.41) is 0. The lowest BCUT2D eigenvalue weighted by atomic mass is 10.2. The molecule has 0 bridgehead atoms. The van der Waals surface area contributed by atoms with Crippen molar-refractivity contribution in [2.75, 3.05) is 32.3 Å². The lowest BCUT2D eigenvalue weighted by molar-refractivity contribution is -0.137. The number of ether oxygens (including phenoxy) is 3. The average molecular weight is 296 g/mol. The molecule has 0 saturated carbocycles. The van der Waals surface area contributed by atoms with Gasteiger partial charge in [-0.05, 0) is 29.5 Å². The van der Waals surface area contributed by atoms with E-state index in [9.17, 15) is 4.79 Å². The fourth-order valence-electron chi connectivity index (χ4n) is 1.48. The van der Waals surface area contributed by atoms with Crippen LogP contribution in [0.4, 0.5) is 0 Å². The first-order chi connectivity index (χ1) is 9.69. The van der Waals surface area contributed by atoms with Gasteiger partial charge in [0.1, 0.15) is 18.1 Å². The lowest BCUT2D eigenvalue weighted by Gasteiger charge is -2.05. The molecule has 0 unspecified atom stereocenters. The predicted octanol–water partition coefficient (Wildman–Crippen LogP) is 3.01. The van der Waals surface area contributed by atoms with E-state index in [4.69, 9.17) is 14.2 Å². The monoisotopic (exact) mass is 296 g/mol. The number of hydrogen-bond donors (Lipinski definition) is 0. The van der Waals surface area contributed by atoms with Gasteiger partial charge in [-0.2, -0.15) is 11.8 Å². The first-order valence-electron chi connectivity index (χ1n) is 6.35. The Balaban J connectivity index is 2.58. The van der Waals surface area contributed by atoms with Gasteiger partial charge in [0.15, 0.2) is 0 Å². The summed E-state index contributed by atoms with van der Waals surface area (Å²) >= 11 is 1.74. The summed E-state index contributed by atoms with van der Waals surface area (Å²) in [4.78, 5) is 11.5. The van der Waals surface area contributed by atoms with Crippen LogP contribution in [0.2, 0.25) is 0 Å². The Kier molecular flexibility index (Phi) is 7.65. The van der Waals surface area contributed by atoms with Gasteiger partial charge in [-0.3, -0.25) is 0 Å². The molecule has 5 heteroatoms. The van der Waals surface area contributed by atoms with Gasteiger partial charge >= 0.3 is 5.97 Å². The summed E-state index contributed by atoms with van der Waals surface area (Å²) in [7, 11) is 3.17. The molecule has 0 radical (unpaired) electrons. The largest absolute Gasteiger partial charge is 0.497 e. The third-order valence-corrected chi connectivity index (χ3v) is 3.33. The van der Waals surface area contributed by atoms with Crippen molar-refractivity contribution < 1.29 is 19.0 Å². The zero-order chi connectivity index (χ0) is 14.8. The minimum absolute atomic E-state index is 0.344. The summed E-state index contributed by atoms with van der Waals surface area (Å²) in [6.07, 6.45) is 3.09. The van der Waals surface area contributed by atoms with E-state index < -0.39 is 0 Å². The van der Waals surface area contributed by atoms with Gasteiger partial charge < -0.3 is 14.2 Å². The van der Waals surface area contributed by atoms with E-state index >= 15 is 0 Å². The van der Waals surface area contributed by atoms with Crippen molar-refractivity contribution in [2.45, 2.75) is 6.92 Å². The summed E-state index contributed by atoms with van der Waals surface area (Å²) in [5.74, 6) is 2.86. The van der Waals surface area contributed by atoms with Gasteiger partial charge in [0, 0.05) is 17.9 Å². The molecule has 20 heavy (non-hydrogen) atoms.